The van der Waals surface area contributed by atoms with Gasteiger partial charge in [-0.15, -0.1) is 11.3 Å². The topological polar surface area (TPSA) is 95.6 Å². The molecule has 4 aromatic rings. The van der Waals surface area contributed by atoms with Gasteiger partial charge in [0, 0.05) is 33.1 Å². The molecule has 0 saturated heterocycles. The maximum absolute atomic E-state index is 11.9. The number of hydrogen-bond acceptors (Lipinski definition) is 7. The van der Waals surface area contributed by atoms with Crippen molar-refractivity contribution in [2.75, 3.05) is 10.6 Å². The van der Waals surface area contributed by atoms with Gasteiger partial charge >= 0.3 is 0 Å². The monoisotopic (exact) mass is 436 g/mol. The molecule has 0 spiro atoms. The maximum Gasteiger partial charge on any atom is 0.227 e. The highest BCUT2D eigenvalue weighted by Crippen LogP contribution is 2.35. The number of fused-ring (bicyclic) bond motifs is 1. The first-order valence-corrected chi connectivity index (χ1v) is 11.3. The molecular weight excluding hydrogens is 416 g/mol. The van der Waals surface area contributed by atoms with Gasteiger partial charge in [0.2, 0.25) is 5.91 Å². The maximum atomic E-state index is 11.9. The second-order valence-electron chi connectivity index (χ2n) is 7.38. The Kier molecular flexibility index (Phi) is 4.92. The number of nitrogens with zero attached hydrogens (tertiary/aromatic N) is 3. The van der Waals surface area contributed by atoms with Gasteiger partial charge < -0.3 is 10.6 Å². The molecule has 3 N–H and O–H groups in total. The summed E-state index contributed by atoms with van der Waals surface area (Å²) in [6.07, 6.45) is 1.99. The Morgan fingerprint density at radius 3 is 2.67 bits per heavy atom. The number of thiophene rings is 1. The molecule has 5 rings (SSSR count). The molecule has 1 fully saturated rings. The van der Waals surface area contributed by atoms with Gasteiger partial charge in [-0.3, -0.25) is 9.89 Å². The number of carbonyl (C=O) groups is 1. The van der Waals surface area contributed by atoms with Crippen molar-refractivity contribution < 1.29 is 4.79 Å². The Morgan fingerprint density at radius 1 is 1.17 bits per heavy atom. The number of amides is 1. The van der Waals surface area contributed by atoms with E-state index in [9.17, 15) is 4.79 Å². The molecule has 9 heteroatoms. The van der Waals surface area contributed by atoms with Crippen LogP contribution in [0.15, 0.2) is 46.5 Å². The van der Waals surface area contributed by atoms with Gasteiger partial charge in [-0.1, -0.05) is 0 Å². The van der Waals surface area contributed by atoms with E-state index in [-0.39, 0.29) is 11.8 Å². The highest BCUT2D eigenvalue weighted by Gasteiger charge is 2.29. The average Bonchev–Trinajstić information content (AvgIpc) is 3.39. The number of carbonyl (C=O) groups excluding carboxylic acids is 1. The summed E-state index contributed by atoms with van der Waals surface area (Å²) in [5.74, 6) is 1.77. The van der Waals surface area contributed by atoms with E-state index in [2.05, 4.69) is 33.8 Å². The van der Waals surface area contributed by atoms with E-state index in [1.54, 1.807) is 11.3 Å². The molecule has 1 aromatic carbocycles. The minimum atomic E-state index is 0.113. The minimum Gasteiger partial charge on any atom is -0.326 e. The molecule has 1 saturated carbocycles. The zero-order valence-electron chi connectivity index (χ0n) is 16.5. The van der Waals surface area contributed by atoms with Crippen LogP contribution in [-0.4, -0.2) is 26.1 Å². The summed E-state index contributed by atoms with van der Waals surface area (Å²) in [6.45, 7) is 4.02. The van der Waals surface area contributed by atoms with Crippen LogP contribution in [0.4, 0.5) is 17.3 Å². The van der Waals surface area contributed by atoms with Gasteiger partial charge in [0.25, 0.3) is 0 Å². The SMILES string of the molecule is Cc1cc(Nc2nc(Sc3ccc(NC(=O)C4CC4)cc3)nc3sc(C)cc23)n[nH]1. The number of benzene rings is 1. The lowest BCUT2D eigenvalue weighted by Crippen LogP contribution is -2.12. The Balaban J connectivity index is 1.39. The minimum absolute atomic E-state index is 0.113. The van der Waals surface area contributed by atoms with Crippen LogP contribution in [0.25, 0.3) is 10.2 Å². The number of rotatable bonds is 6. The second kappa shape index (κ2) is 7.73. The number of aromatic amines is 1. The van der Waals surface area contributed by atoms with Crippen molar-refractivity contribution in [1.29, 1.82) is 0 Å². The summed E-state index contributed by atoms with van der Waals surface area (Å²) < 4.78 is 0. The highest BCUT2D eigenvalue weighted by molar-refractivity contribution is 7.99. The fourth-order valence-electron chi connectivity index (χ4n) is 3.07. The van der Waals surface area contributed by atoms with E-state index >= 15 is 0 Å². The third-order valence-corrected chi connectivity index (χ3v) is 6.54. The predicted molar refractivity (Wildman–Crippen MR) is 121 cm³/mol. The fourth-order valence-corrected chi connectivity index (χ4v) is 4.76. The third kappa shape index (κ3) is 4.17. The summed E-state index contributed by atoms with van der Waals surface area (Å²) in [4.78, 5) is 24.5. The molecule has 0 radical (unpaired) electrons. The molecule has 3 heterocycles. The summed E-state index contributed by atoms with van der Waals surface area (Å²) in [5, 5.41) is 15.1. The molecule has 0 atom stereocenters. The molecule has 0 unspecified atom stereocenters. The predicted octanol–water partition coefficient (Wildman–Crippen LogP) is 5.27. The Hall–Kier alpha value is -2.91. The normalized spacial score (nSPS) is 13.5. The van der Waals surface area contributed by atoms with Crippen LogP contribution in [-0.2, 0) is 4.79 Å². The van der Waals surface area contributed by atoms with E-state index < -0.39 is 0 Å². The molecule has 1 aliphatic carbocycles. The van der Waals surface area contributed by atoms with Gasteiger partial charge in [0.1, 0.15) is 10.6 Å². The van der Waals surface area contributed by atoms with Gasteiger partial charge in [-0.2, -0.15) is 5.10 Å². The molecule has 0 aliphatic heterocycles. The van der Waals surface area contributed by atoms with Crippen molar-refractivity contribution in [1.82, 2.24) is 20.2 Å². The van der Waals surface area contributed by atoms with E-state index in [0.29, 0.717) is 5.16 Å². The molecule has 0 bridgehead atoms. The number of anilines is 3. The van der Waals surface area contributed by atoms with Crippen molar-refractivity contribution in [3.8, 4) is 0 Å². The van der Waals surface area contributed by atoms with Crippen molar-refractivity contribution in [3.63, 3.8) is 0 Å². The lowest BCUT2D eigenvalue weighted by atomic mass is 10.3. The van der Waals surface area contributed by atoms with Crippen molar-refractivity contribution in [2.24, 2.45) is 5.92 Å². The van der Waals surface area contributed by atoms with Crippen LogP contribution in [0.3, 0.4) is 0 Å². The van der Waals surface area contributed by atoms with E-state index in [1.165, 1.54) is 16.6 Å². The summed E-state index contributed by atoms with van der Waals surface area (Å²) >= 11 is 3.14. The van der Waals surface area contributed by atoms with Crippen LogP contribution in [0.1, 0.15) is 23.4 Å². The highest BCUT2D eigenvalue weighted by atomic mass is 32.2. The van der Waals surface area contributed by atoms with Crippen LogP contribution in [0.2, 0.25) is 0 Å². The van der Waals surface area contributed by atoms with Crippen LogP contribution in [0, 0.1) is 19.8 Å². The van der Waals surface area contributed by atoms with Crippen molar-refractivity contribution >= 4 is 56.5 Å². The lowest BCUT2D eigenvalue weighted by molar-refractivity contribution is -0.117. The first-order chi connectivity index (χ1) is 14.5. The number of nitrogens with one attached hydrogen (secondary N) is 3. The van der Waals surface area contributed by atoms with Gasteiger partial charge in [0.15, 0.2) is 11.0 Å². The lowest BCUT2D eigenvalue weighted by Gasteiger charge is -2.08. The fraction of sp³-hybridized carbons (Fsp3) is 0.238. The second-order valence-corrected chi connectivity index (χ2v) is 9.66. The number of H-pyrrole nitrogens is 1. The summed E-state index contributed by atoms with van der Waals surface area (Å²) in [5.41, 5.74) is 1.80. The molecule has 1 amide bonds. The van der Waals surface area contributed by atoms with Crippen LogP contribution in [0.5, 0.6) is 0 Å². The molecule has 152 valence electrons. The zero-order chi connectivity index (χ0) is 20.7. The van der Waals surface area contributed by atoms with E-state index in [4.69, 9.17) is 9.97 Å². The molecule has 3 aromatic heterocycles. The summed E-state index contributed by atoms with van der Waals surface area (Å²) in [7, 11) is 0. The molecular formula is C21H20N6OS2. The van der Waals surface area contributed by atoms with Gasteiger partial charge in [-0.05, 0) is 68.8 Å². The smallest absolute Gasteiger partial charge is 0.227 e. The quantitative estimate of drug-likeness (QED) is 0.356. The Bertz CT molecular complexity index is 1230. The standard InChI is InChI=1S/C21H20N6OS2/c1-11-9-17(27-26-11)23-18-16-10-12(2)29-20(16)25-21(24-18)30-15-7-5-14(6-8-15)22-19(28)13-3-4-13/h5-10,13H,3-4H2,1-2H3,(H,22,28)(H2,23,24,25,26,27). The first-order valence-electron chi connectivity index (χ1n) is 9.69. The third-order valence-electron chi connectivity index (χ3n) is 4.73. The Labute approximate surface area is 181 Å². The van der Waals surface area contributed by atoms with Gasteiger partial charge in [-0.25, -0.2) is 9.97 Å². The number of hydrogen-bond donors (Lipinski definition) is 3. The largest absolute Gasteiger partial charge is 0.326 e. The molecule has 7 nitrogen and oxygen atoms in total. The van der Waals surface area contributed by atoms with Crippen molar-refractivity contribution in [2.45, 2.75) is 36.7 Å². The van der Waals surface area contributed by atoms with E-state index in [0.717, 1.165) is 51.0 Å². The van der Waals surface area contributed by atoms with Crippen LogP contribution < -0.4 is 10.6 Å². The van der Waals surface area contributed by atoms with Crippen molar-refractivity contribution in [3.05, 3.63) is 47.0 Å². The first kappa shape index (κ1) is 19.1. The number of aryl methyl sites for hydroxylation is 2. The average molecular weight is 437 g/mol. The molecule has 1 aliphatic rings. The van der Waals surface area contributed by atoms with Crippen LogP contribution >= 0.6 is 23.1 Å². The molecule has 30 heavy (non-hydrogen) atoms. The van der Waals surface area contributed by atoms with E-state index in [1.807, 2.05) is 37.3 Å². The summed E-state index contributed by atoms with van der Waals surface area (Å²) in [6, 6.07) is 11.8. The number of aromatic nitrogens is 4. The van der Waals surface area contributed by atoms with Gasteiger partial charge in [0.05, 0.1) is 5.39 Å². The Morgan fingerprint density at radius 2 is 1.97 bits per heavy atom. The zero-order valence-corrected chi connectivity index (χ0v) is 18.2.